The summed E-state index contributed by atoms with van der Waals surface area (Å²) >= 11 is 0. The van der Waals surface area contributed by atoms with Gasteiger partial charge in [0.05, 0.1) is 26.3 Å². The molecular weight excluding hydrogens is 481 g/mol. The van der Waals surface area contributed by atoms with Crippen molar-refractivity contribution in [1.82, 2.24) is 30.3 Å². The number of aliphatic imine (C=N–C) groups is 1. The Morgan fingerprint density at radius 2 is 1.83 bits per heavy atom. The lowest BCUT2D eigenvalue weighted by atomic mass is 10.1. The molecule has 3 rings (SSSR count). The van der Waals surface area contributed by atoms with E-state index in [9.17, 15) is 0 Å². The Morgan fingerprint density at radius 1 is 1.10 bits per heavy atom. The second-order valence-electron chi connectivity index (χ2n) is 7.11. The van der Waals surface area contributed by atoms with Crippen LogP contribution in [0.1, 0.15) is 22.8 Å². The molecule has 0 atom stereocenters. The number of morpholine rings is 1. The Bertz CT molecular complexity index is 770. The summed E-state index contributed by atoms with van der Waals surface area (Å²) in [6, 6.07) is 8.48. The average molecular weight is 513 g/mol. The molecule has 0 unspecified atom stereocenters. The van der Waals surface area contributed by atoms with E-state index in [1.165, 1.54) is 11.1 Å². The smallest absolute Gasteiger partial charge is 0.192 e. The molecule has 1 saturated heterocycles. The van der Waals surface area contributed by atoms with Gasteiger partial charge in [-0.1, -0.05) is 29.8 Å². The molecule has 8 nitrogen and oxygen atoms in total. The first-order valence-electron chi connectivity index (χ1n) is 9.84. The lowest BCUT2D eigenvalue weighted by molar-refractivity contribution is 0.0389. The van der Waals surface area contributed by atoms with Crippen molar-refractivity contribution in [2.75, 3.05) is 39.4 Å². The van der Waals surface area contributed by atoms with E-state index in [1.54, 1.807) is 0 Å². The second-order valence-corrected chi connectivity index (χ2v) is 7.11. The highest BCUT2D eigenvalue weighted by Crippen LogP contribution is 2.04. The summed E-state index contributed by atoms with van der Waals surface area (Å²) in [5.74, 6) is 2.57. The molecule has 0 aliphatic carbocycles. The molecule has 160 valence electrons. The highest BCUT2D eigenvalue weighted by atomic mass is 127. The molecule has 1 fully saturated rings. The first-order valence-corrected chi connectivity index (χ1v) is 9.84. The zero-order valence-electron chi connectivity index (χ0n) is 17.5. The molecule has 29 heavy (non-hydrogen) atoms. The molecule has 0 saturated carbocycles. The number of benzene rings is 1. The Balaban J connectivity index is 0.00000300. The molecule has 1 aromatic heterocycles. The van der Waals surface area contributed by atoms with Crippen LogP contribution in [-0.4, -0.2) is 65.0 Å². The van der Waals surface area contributed by atoms with Gasteiger partial charge in [0, 0.05) is 33.2 Å². The fraction of sp³-hybridized carbons (Fsp3) is 0.550. The van der Waals surface area contributed by atoms with E-state index in [2.05, 4.69) is 56.9 Å². The van der Waals surface area contributed by atoms with Crippen LogP contribution in [0.25, 0.3) is 0 Å². The fourth-order valence-electron chi connectivity index (χ4n) is 2.96. The minimum Gasteiger partial charge on any atom is -0.379 e. The van der Waals surface area contributed by atoms with Crippen LogP contribution in [0.2, 0.25) is 0 Å². The van der Waals surface area contributed by atoms with Crippen LogP contribution >= 0.6 is 24.0 Å². The summed E-state index contributed by atoms with van der Waals surface area (Å²) in [4.78, 5) is 7.15. The predicted molar refractivity (Wildman–Crippen MR) is 126 cm³/mol. The number of rotatable bonds is 7. The molecule has 2 N–H and O–H groups in total. The number of guanidine groups is 1. The third-order valence-corrected chi connectivity index (χ3v) is 4.96. The average Bonchev–Trinajstić information content (AvgIpc) is 3.03. The van der Waals surface area contributed by atoms with E-state index >= 15 is 0 Å². The molecule has 0 spiro atoms. The Labute approximate surface area is 190 Å². The van der Waals surface area contributed by atoms with E-state index in [1.807, 2.05) is 18.5 Å². The Hall–Kier alpha value is -1.72. The zero-order chi connectivity index (χ0) is 19.8. The second kappa shape index (κ2) is 12.1. The molecule has 0 bridgehead atoms. The lowest BCUT2D eigenvalue weighted by Crippen LogP contribution is -2.44. The maximum absolute atomic E-state index is 5.41. The van der Waals surface area contributed by atoms with Crippen LogP contribution in [0, 0.1) is 13.8 Å². The molecule has 0 amide bonds. The molecule has 0 radical (unpaired) electrons. The number of ether oxygens (including phenoxy) is 1. The van der Waals surface area contributed by atoms with Crippen molar-refractivity contribution in [1.29, 1.82) is 0 Å². The van der Waals surface area contributed by atoms with E-state index in [0.717, 1.165) is 57.0 Å². The van der Waals surface area contributed by atoms with E-state index in [4.69, 9.17) is 9.73 Å². The van der Waals surface area contributed by atoms with Crippen molar-refractivity contribution in [2.45, 2.75) is 26.9 Å². The third kappa shape index (κ3) is 7.56. The largest absolute Gasteiger partial charge is 0.379 e. The third-order valence-electron chi connectivity index (χ3n) is 4.96. The van der Waals surface area contributed by atoms with E-state index in [0.29, 0.717) is 13.1 Å². The van der Waals surface area contributed by atoms with Gasteiger partial charge in [0.25, 0.3) is 0 Å². The van der Waals surface area contributed by atoms with Crippen LogP contribution in [0.5, 0.6) is 0 Å². The lowest BCUT2D eigenvalue weighted by Gasteiger charge is -2.26. The van der Waals surface area contributed by atoms with Gasteiger partial charge < -0.3 is 19.9 Å². The summed E-state index contributed by atoms with van der Waals surface area (Å²) in [5, 5.41) is 15.2. The van der Waals surface area contributed by atoms with Gasteiger partial charge in [0.2, 0.25) is 0 Å². The first kappa shape index (κ1) is 23.6. The van der Waals surface area contributed by atoms with Gasteiger partial charge in [-0.2, -0.15) is 0 Å². The molecule has 1 aliphatic rings. The summed E-state index contributed by atoms with van der Waals surface area (Å²) in [6.45, 7) is 10.7. The molecule has 1 aromatic carbocycles. The summed E-state index contributed by atoms with van der Waals surface area (Å²) in [7, 11) is 1.97. The number of aryl methyl sites for hydroxylation is 2. The number of aromatic nitrogens is 3. The first-order chi connectivity index (χ1) is 13.6. The monoisotopic (exact) mass is 513 g/mol. The van der Waals surface area contributed by atoms with Crippen molar-refractivity contribution in [3.63, 3.8) is 0 Å². The quantitative estimate of drug-likeness (QED) is 0.333. The SMILES string of the molecule is Cc1ccc(CN=C(NCCN2CCOCC2)NCc2nnc(C)n2C)cc1.I. The number of hydrogen-bond acceptors (Lipinski definition) is 5. The van der Waals surface area contributed by atoms with Crippen molar-refractivity contribution in [3.05, 3.63) is 47.0 Å². The number of hydrogen-bond donors (Lipinski definition) is 2. The van der Waals surface area contributed by atoms with Crippen molar-refractivity contribution in [3.8, 4) is 0 Å². The highest BCUT2D eigenvalue weighted by Gasteiger charge is 2.10. The maximum Gasteiger partial charge on any atom is 0.192 e. The predicted octanol–water partition coefficient (Wildman–Crippen LogP) is 1.62. The highest BCUT2D eigenvalue weighted by molar-refractivity contribution is 14.0. The van der Waals surface area contributed by atoms with Gasteiger partial charge in [-0.3, -0.25) is 4.90 Å². The van der Waals surface area contributed by atoms with Gasteiger partial charge in [-0.05, 0) is 19.4 Å². The minimum absolute atomic E-state index is 0. The standard InChI is InChI=1S/C20H31N7O.HI/c1-16-4-6-18(7-5-16)14-22-20(21-8-9-27-10-12-28-13-11-27)23-15-19-25-24-17(2)26(19)3;/h4-7H,8-15H2,1-3H3,(H2,21,22,23);1H. The number of halogens is 1. The summed E-state index contributed by atoms with van der Waals surface area (Å²) in [5.41, 5.74) is 2.45. The molecule has 9 heteroatoms. The van der Waals surface area contributed by atoms with Crippen LogP contribution < -0.4 is 10.6 Å². The van der Waals surface area contributed by atoms with Crippen molar-refractivity contribution < 1.29 is 4.74 Å². The van der Waals surface area contributed by atoms with Crippen LogP contribution in [-0.2, 0) is 24.9 Å². The minimum atomic E-state index is 0. The van der Waals surface area contributed by atoms with Gasteiger partial charge in [0.1, 0.15) is 5.82 Å². The zero-order valence-corrected chi connectivity index (χ0v) is 19.8. The topological polar surface area (TPSA) is 79.6 Å². The molecule has 1 aliphatic heterocycles. The molecule has 2 aromatic rings. The molecule has 2 heterocycles. The maximum atomic E-state index is 5.41. The van der Waals surface area contributed by atoms with Gasteiger partial charge in [0.15, 0.2) is 11.8 Å². The summed E-state index contributed by atoms with van der Waals surface area (Å²) < 4.78 is 7.39. The van der Waals surface area contributed by atoms with Gasteiger partial charge in [-0.25, -0.2) is 4.99 Å². The van der Waals surface area contributed by atoms with Crippen molar-refractivity contribution in [2.24, 2.45) is 12.0 Å². The Morgan fingerprint density at radius 3 is 2.48 bits per heavy atom. The van der Waals surface area contributed by atoms with Gasteiger partial charge >= 0.3 is 0 Å². The number of nitrogens with one attached hydrogen (secondary N) is 2. The fourth-order valence-corrected chi connectivity index (χ4v) is 2.96. The normalized spacial score (nSPS) is 15.1. The number of nitrogens with zero attached hydrogens (tertiary/aromatic N) is 5. The van der Waals surface area contributed by atoms with E-state index in [-0.39, 0.29) is 24.0 Å². The Kier molecular flexibility index (Phi) is 9.82. The van der Waals surface area contributed by atoms with Crippen LogP contribution in [0.15, 0.2) is 29.3 Å². The van der Waals surface area contributed by atoms with Crippen molar-refractivity contribution >= 4 is 29.9 Å². The summed E-state index contributed by atoms with van der Waals surface area (Å²) in [6.07, 6.45) is 0. The van der Waals surface area contributed by atoms with Crippen LogP contribution in [0.4, 0.5) is 0 Å². The van der Waals surface area contributed by atoms with Gasteiger partial charge in [-0.15, -0.1) is 34.2 Å². The van der Waals surface area contributed by atoms with E-state index < -0.39 is 0 Å². The molecular formula is C20H32IN7O. The van der Waals surface area contributed by atoms with Crippen LogP contribution in [0.3, 0.4) is 0 Å².